The van der Waals surface area contributed by atoms with E-state index in [1.165, 1.54) is 18.2 Å². The Bertz CT molecular complexity index is 1000. The maximum absolute atomic E-state index is 12.6. The molecule has 180 valence electrons. The first-order valence-electron chi connectivity index (χ1n) is 11.7. The summed E-state index contributed by atoms with van der Waals surface area (Å²) >= 11 is 0. The van der Waals surface area contributed by atoms with Gasteiger partial charge in [-0.25, -0.2) is 0 Å². The van der Waals surface area contributed by atoms with E-state index in [9.17, 15) is 19.7 Å². The van der Waals surface area contributed by atoms with Crippen LogP contribution in [-0.4, -0.2) is 58.8 Å². The zero-order chi connectivity index (χ0) is 23.9. The number of non-ortho nitro benzene ring substituents is 1. The molecule has 2 fully saturated rings. The molecule has 0 aliphatic carbocycles. The van der Waals surface area contributed by atoms with Crippen LogP contribution in [0.3, 0.4) is 0 Å². The highest BCUT2D eigenvalue weighted by Crippen LogP contribution is 2.24. The van der Waals surface area contributed by atoms with Crippen LogP contribution >= 0.6 is 0 Å². The Balaban J connectivity index is 1.18. The normalized spacial score (nSPS) is 18.3. The molecule has 0 spiro atoms. The molecule has 34 heavy (non-hydrogen) atoms. The molecular weight excluding hydrogens is 436 g/mol. The monoisotopic (exact) mass is 466 g/mol. The van der Waals surface area contributed by atoms with Crippen molar-refractivity contribution in [3.63, 3.8) is 0 Å². The lowest BCUT2D eigenvalue weighted by Gasteiger charge is -2.41. The van der Waals surface area contributed by atoms with E-state index in [0.717, 1.165) is 50.1 Å². The van der Waals surface area contributed by atoms with Gasteiger partial charge in [0.1, 0.15) is 5.76 Å². The maximum Gasteiger partial charge on any atom is 0.269 e. The number of furan rings is 1. The van der Waals surface area contributed by atoms with Crippen LogP contribution in [0.2, 0.25) is 0 Å². The molecule has 4 rings (SSSR count). The van der Waals surface area contributed by atoms with Crippen LogP contribution in [0, 0.1) is 16.0 Å². The molecular formula is C25H30N4O5. The highest BCUT2D eigenvalue weighted by molar-refractivity contribution is 5.91. The predicted octanol–water partition coefficient (Wildman–Crippen LogP) is 3.22. The molecule has 2 amide bonds. The first-order chi connectivity index (χ1) is 16.5. The maximum atomic E-state index is 12.6. The fraction of sp³-hybridized carbons (Fsp3) is 0.440. The number of piperidine rings is 2. The minimum atomic E-state index is -0.442. The Morgan fingerprint density at radius 1 is 1.06 bits per heavy atom. The van der Waals surface area contributed by atoms with Crippen molar-refractivity contribution in [1.82, 2.24) is 15.1 Å². The van der Waals surface area contributed by atoms with E-state index in [1.807, 2.05) is 17.0 Å². The van der Waals surface area contributed by atoms with Gasteiger partial charge in [0, 0.05) is 43.3 Å². The van der Waals surface area contributed by atoms with Gasteiger partial charge in [0.15, 0.2) is 0 Å². The molecule has 9 nitrogen and oxygen atoms in total. The summed E-state index contributed by atoms with van der Waals surface area (Å²) in [5.41, 5.74) is 0.786. The smallest absolute Gasteiger partial charge is 0.269 e. The third-order valence-electron chi connectivity index (χ3n) is 6.73. The van der Waals surface area contributed by atoms with Crippen LogP contribution in [0.1, 0.15) is 37.0 Å². The van der Waals surface area contributed by atoms with Crippen molar-refractivity contribution in [3.8, 4) is 0 Å². The lowest BCUT2D eigenvalue weighted by atomic mass is 9.92. The Hall–Kier alpha value is -3.46. The minimum absolute atomic E-state index is 0.0316. The summed E-state index contributed by atoms with van der Waals surface area (Å²) in [5.74, 6) is 0.854. The number of carbonyl (C=O) groups excluding carboxylic acids is 2. The van der Waals surface area contributed by atoms with E-state index in [1.54, 1.807) is 24.5 Å². The highest BCUT2D eigenvalue weighted by Gasteiger charge is 2.31. The summed E-state index contributed by atoms with van der Waals surface area (Å²) < 4.78 is 5.27. The number of carbonyl (C=O) groups is 2. The summed E-state index contributed by atoms with van der Waals surface area (Å²) in [7, 11) is 0. The number of hydrogen-bond donors (Lipinski definition) is 1. The van der Waals surface area contributed by atoms with Crippen molar-refractivity contribution in [2.75, 3.05) is 26.2 Å². The van der Waals surface area contributed by atoms with Crippen molar-refractivity contribution in [2.24, 2.45) is 5.92 Å². The SMILES string of the molecule is O=C(NCc1ccco1)C1CCN(C2CCN(C(=O)/C=C/c3ccc([N+](=O)[O-])cc3)CC2)CC1. The number of nitro benzene ring substituents is 1. The first kappa shape index (κ1) is 23.7. The quantitative estimate of drug-likeness (QED) is 0.381. The van der Waals surface area contributed by atoms with Crippen molar-refractivity contribution in [3.05, 3.63) is 70.2 Å². The molecule has 0 unspecified atom stereocenters. The largest absolute Gasteiger partial charge is 0.467 e. The van der Waals surface area contributed by atoms with Crippen molar-refractivity contribution >= 4 is 23.6 Å². The second kappa shape index (κ2) is 11.1. The van der Waals surface area contributed by atoms with Crippen LogP contribution in [0.5, 0.6) is 0 Å². The van der Waals surface area contributed by atoms with Crippen LogP contribution < -0.4 is 5.32 Å². The van der Waals surface area contributed by atoms with Gasteiger partial charge < -0.3 is 19.5 Å². The Morgan fingerprint density at radius 2 is 1.76 bits per heavy atom. The van der Waals surface area contributed by atoms with Gasteiger partial charge in [0.2, 0.25) is 11.8 Å². The van der Waals surface area contributed by atoms with Gasteiger partial charge in [-0.05, 0) is 74.7 Å². The molecule has 1 aromatic carbocycles. The number of benzene rings is 1. The minimum Gasteiger partial charge on any atom is -0.467 e. The second-order valence-electron chi connectivity index (χ2n) is 8.85. The van der Waals surface area contributed by atoms with Gasteiger partial charge in [0.05, 0.1) is 17.7 Å². The molecule has 2 saturated heterocycles. The second-order valence-corrected chi connectivity index (χ2v) is 8.85. The number of amides is 2. The molecule has 0 radical (unpaired) electrons. The molecule has 0 bridgehead atoms. The summed E-state index contributed by atoms with van der Waals surface area (Å²) in [6.45, 7) is 3.64. The van der Waals surface area contributed by atoms with Gasteiger partial charge in [-0.1, -0.05) is 0 Å². The van der Waals surface area contributed by atoms with E-state index in [4.69, 9.17) is 4.42 Å². The molecule has 1 aromatic heterocycles. The van der Waals surface area contributed by atoms with E-state index < -0.39 is 4.92 Å². The molecule has 2 aliphatic rings. The van der Waals surface area contributed by atoms with Gasteiger partial charge in [-0.15, -0.1) is 0 Å². The topological polar surface area (TPSA) is 109 Å². The Morgan fingerprint density at radius 3 is 2.38 bits per heavy atom. The van der Waals surface area contributed by atoms with Crippen molar-refractivity contribution in [1.29, 1.82) is 0 Å². The zero-order valence-corrected chi connectivity index (χ0v) is 19.1. The van der Waals surface area contributed by atoms with Gasteiger partial charge in [0.25, 0.3) is 5.69 Å². The zero-order valence-electron chi connectivity index (χ0n) is 19.1. The van der Waals surface area contributed by atoms with Gasteiger partial charge in [-0.2, -0.15) is 0 Å². The third-order valence-corrected chi connectivity index (χ3v) is 6.73. The molecule has 3 heterocycles. The summed E-state index contributed by atoms with van der Waals surface area (Å²) in [6.07, 6.45) is 8.38. The van der Waals surface area contributed by atoms with Crippen molar-refractivity contribution < 1.29 is 18.9 Å². The van der Waals surface area contributed by atoms with Crippen LogP contribution in [0.15, 0.2) is 53.2 Å². The Kier molecular flexibility index (Phi) is 7.74. The van der Waals surface area contributed by atoms with E-state index in [2.05, 4.69) is 10.2 Å². The number of nitrogens with zero attached hydrogens (tertiary/aromatic N) is 3. The average molecular weight is 467 g/mol. The average Bonchev–Trinajstić information content (AvgIpc) is 3.40. The fourth-order valence-electron chi connectivity index (χ4n) is 4.69. The lowest BCUT2D eigenvalue weighted by molar-refractivity contribution is -0.384. The van der Waals surface area contributed by atoms with E-state index >= 15 is 0 Å². The van der Waals surface area contributed by atoms with Crippen LogP contribution in [-0.2, 0) is 16.1 Å². The predicted molar refractivity (Wildman–Crippen MR) is 127 cm³/mol. The van der Waals surface area contributed by atoms with E-state index in [-0.39, 0.29) is 23.4 Å². The van der Waals surface area contributed by atoms with Gasteiger partial charge in [-0.3, -0.25) is 19.7 Å². The highest BCUT2D eigenvalue weighted by atomic mass is 16.6. The standard InChI is InChI=1S/C25H30N4O5/c30-24(8-5-19-3-6-22(7-4-19)29(32)33)28-15-11-21(12-16-28)27-13-9-20(10-14-27)25(31)26-18-23-2-1-17-34-23/h1-8,17,20-21H,9-16,18H2,(H,26,31)/b8-5+. The number of likely N-dealkylation sites (tertiary alicyclic amines) is 2. The van der Waals surface area contributed by atoms with Crippen molar-refractivity contribution in [2.45, 2.75) is 38.3 Å². The summed E-state index contributed by atoms with van der Waals surface area (Å²) in [5, 5.41) is 13.7. The van der Waals surface area contributed by atoms with Gasteiger partial charge >= 0.3 is 0 Å². The summed E-state index contributed by atoms with van der Waals surface area (Å²) in [4.78, 5) is 39.6. The molecule has 2 aromatic rings. The third kappa shape index (κ3) is 6.11. The molecule has 0 saturated carbocycles. The van der Waals surface area contributed by atoms with Crippen LogP contribution in [0.25, 0.3) is 6.08 Å². The van der Waals surface area contributed by atoms with E-state index in [0.29, 0.717) is 25.7 Å². The molecule has 0 atom stereocenters. The lowest BCUT2D eigenvalue weighted by Crippen LogP contribution is -2.50. The summed E-state index contributed by atoms with van der Waals surface area (Å²) in [6, 6.07) is 10.2. The first-order valence-corrected chi connectivity index (χ1v) is 11.7. The fourth-order valence-corrected chi connectivity index (χ4v) is 4.69. The molecule has 9 heteroatoms. The van der Waals surface area contributed by atoms with Crippen LogP contribution in [0.4, 0.5) is 5.69 Å². The molecule has 1 N–H and O–H groups in total. The Labute approximate surface area is 198 Å². The molecule has 2 aliphatic heterocycles. The number of rotatable bonds is 7. The number of nitro groups is 1. The number of nitrogens with one attached hydrogen (secondary N) is 1. The number of hydrogen-bond acceptors (Lipinski definition) is 6.